The van der Waals surface area contributed by atoms with Gasteiger partial charge in [-0.3, -0.25) is 9.59 Å². The number of aryl methyl sites for hydroxylation is 2. The van der Waals surface area contributed by atoms with E-state index in [0.717, 1.165) is 22.3 Å². The number of benzene rings is 2. The summed E-state index contributed by atoms with van der Waals surface area (Å²) in [5.41, 5.74) is 4.75. The molecule has 1 unspecified atom stereocenters. The number of carbonyl (C=O) groups is 2. The zero-order valence-corrected chi connectivity index (χ0v) is 20.0. The molecule has 0 bridgehead atoms. The number of nitrogens with zero attached hydrogens (tertiary/aromatic N) is 5. The molecule has 1 atom stereocenters. The van der Waals surface area contributed by atoms with Crippen molar-refractivity contribution < 1.29 is 14.3 Å². The molecule has 2 aromatic carbocycles. The van der Waals surface area contributed by atoms with Crippen molar-refractivity contribution in [3.8, 4) is 0 Å². The van der Waals surface area contributed by atoms with Crippen LogP contribution in [0.1, 0.15) is 49.3 Å². The van der Waals surface area contributed by atoms with Crippen LogP contribution in [0.15, 0.2) is 42.5 Å². The third-order valence-electron chi connectivity index (χ3n) is 6.52. The van der Waals surface area contributed by atoms with Crippen LogP contribution in [0.3, 0.4) is 0 Å². The highest BCUT2D eigenvalue weighted by atomic mass is 35.5. The van der Waals surface area contributed by atoms with Gasteiger partial charge in [0.25, 0.3) is 11.8 Å². The Bertz CT molecular complexity index is 1230. The summed E-state index contributed by atoms with van der Waals surface area (Å²) in [6.07, 6.45) is -0.172. The second-order valence-corrected chi connectivity index (χ2v) is 9.26. The molecule has 3 heterocycles. The molecule has 2 aliphatic rings. The third kappa shape index (κ3) is 4.31. The first-order valence-electron chi connectivity index (χ1n) is 11.4. The smallest absolute Gasteiger partial charge is 0.276 e. The number of hydrogen-bond acceptors (Lipinski definition) is 5. The summed E-state index contributed by atoms with van der Waals surface area (Å²) < 4.78 is 7.76. The molecule has 176 valence electrons. The number of fused-ring (bicyclic) bond motifs is 1. The van der Waals surface area contributed by atoms with Gasteiger partial charge in [-0.1, -0.05) is 46.6 Å². The van der Waals surface area contributed by atoms with Crippen LogP contribution in [0.25, 0.3) is 0 Å². The highest BCUT2D eigenvalue weighted by Gasteiger charge is 2.32. The van der Waals surface area contributed by atoms with Crippen LogP contribution >= 0.6 is 11.6 Å². The first kappa shape index (κ1) is 22.6. The number of aromatic nitrogens is 3. The van der Waals surface area contributed by atoms with E-state index >= 15 is 0 Å². The zero-order chi connectivity index (χ0) is 23.8. The third-order valence-corrected chi connectivity index (χ3v) is 6.77. The number of ether oxygens (including phenoxy) is 1. The van der Waals surface area contributed by atoms with Gasteiger partial charge in [0.1, 0.15) is 6.10 Å². The molecule has 0 radical (unpaired) electrons. The summed E-state index contributed by atoms with van der Waals surface area (Å²) in [5, 5.41) is 9.06. The summed E-state index contributed by atoms with van der Waals surface area (Å²) in [5.74, 6) is -0.162. The molecule has 0 aliphatic carbocycles. The van der Waals surface area contributed by atoms with Crippen LogP contribution in [0.2, 0.25) is 5.02 Å². The van der Waals surface area contributed by atoms with Gasteiger partial charge in [-0.15, -0.1) is 5.10 Å². The second-order valence-electron chi connectivity index (χ2n) is 8.82. The summed E-state index contributed by atoms with van der Waals surface area (Å²) in [6.45, 7) is 6.54. The van der Waals surface area contributed by atoms with Gasteiger partial charge in [0.05, 0.1) is 18.8 Å². The first-order valence-corrected chi connectivity index (χ1v) is 11.7. The molecule has 8 nitrogen and oxygen atoms in total. The van der Waals surface area contributed by atoms with Crippen molar-refractivity contribution in [2.45, 2.75) is 33.1 Å². The highest BCUT2D eigenvalue weighted by Crippen LogP contribution is 2.28. The van der Waals surface area contributed by atoms with Crippen LogP contribution in [-0.4, -0.2) is 62.8 Å². The number of rotatable bonds is 3. The Morgan fingerprint density at radius 3 is 2.35 bits per heavy atom. The van der Waals surface area contributed by atoms with Gasteiger partial charge >= 0.3 is 0 Å². The lowest BCUT2D eigenvalue weighted by Crippen LogP contribution is -2.51. The Balaban J connectivity index is 1.23. The number of hydrogen-bond donors (Lipinski definition) is 0. The molecule has 3 aromatic rings. The topological polar surface area (TPSA) is 80.6 Å². The fraction of sp³-hybridized carbons (Fsp3) is 0.360. The Kier molecular flexibility index (Phi) is 6.10. The van der Waals surface area contributed by atoms with Crippen molar-refractivity contribution in [3.63, 3.8) is 0 Å². The summed E-state index contributed by atoms with van der Waals surface area (Å²) >= 11 is 5.98. The lowest BCUT2D eigenvalue weighted by atomic mass is 10.0. The normalized spacial score (nSPS) is 18.0. The quantitative estimate of drug-likeness (QED) is 0.575. The second kappa shape index (κ2) is 9.19. The summed E-state index contributed by atoms with van der Waals surface area (Å²) in [6, 6.07) is 13.4. The maximum atomic E-state index is 13.2. The molecule has 0 spiro atoms. The lowest BCUT2D eigenvalue weighted by molar-refractivity contribution is -0.00202. The van der Waals surface area contributed by atoms with E-state index in [1.165, 1.54) is 0 Å². The minimum atomic E-state index is -0.173. The molecule has 0 N–H and O–H groups in total. The Morgan fingerprint density at radius 2 is 1.65 bits per heavy atom. The molecule has 5 rings (SSSR count). The van der Waals surface area contributed by atoms with E-state index in [-0.39, 0.29) is 24.5 Å². The Labute approximate surface area is 203 Å². The summed E-state index contributed by atoms with van der Waals surface area (Å²) in [7, 11) is 0. The molecule has 2 aliphatic heterocycles. The van der Waals surface area contributed by atoms with Gasteiger partial charge in [0.15, 0.2) is 5.69 Å². The minimum Gasteiger partial charge on any atom is -0.365 e. The number of halogens is 1. The molecular weight excluding hydrogens is 454 g/mol. The predicted octanol–water partition coefficient (Wildman–Crippen LogP) is 3.42. The Hall–Kier alpha value is -3.23. The monoisotopic (exact) mass is 479 g/mol. The molecule has 34 heavy (non-hydrogen) atoms. The molecular formula is C25H26ClN5O3. The van der Waals surface area contributed by atoms with E-state index in [1.54, 1.807) is 9.58 Å². The van der Waals surface area contributed by atoms with Gasteiger partial charge in [0.2, 0.25) is 0 Å². The lowest BCUT2D eigenvalue weighted by Gasteiger charge is -2.35. The van der Waals surface area contributed by atoms with E-state index in [9.17, 15) is 9.59 Å². The average molecular weight is 480 g/mol. The number of carbonyl (C=O) groups excluding carboxylic acids is 2. The van der Waals surface area contributed by atoms with Crippen molar-refractivity contribution in [1.29, 1.82) is 0 Å². The van der Waals surface area contributed by atoms with Crippen LogP contribution in [0.5, 0.6) is 0 Å². The average Bonchev–Trinajstić information content (AvgIpc) is 3.28. The van der Waals surface area contributed by atoms with Crippen molar-refractivity contribution >= 4 is 23.4 Å². The fourth-order valence-corrected chi connectivity index (χ4v) is 4.58. The van der Waals surface area contributed by atoms with Crippen LogP contribution in [0.4, 0.5) is 0 Å². The number of amides is 2. The van der Waals surface area contributed by atoms with E-state index in [2.05, 4.69) is 10.3 Å². The zero-order valence-electron chi connectivity index (χ0n) is 19.2. The van der Waals surface area contributed by atoms with E-state index in [4.69, 9.17) is 16.3 Å². The standard InChI is InChI=1S/C25H26ClN5O3/c1-16-3-4-17(2)20(13-16)24(32)29-9-11-30(12-10-29)25(33)23-21-15-34-22(14-31(21)28-27-23)18-5-7-19(26)8-6-18/h3-8,13,22H,9-12,14-15H2,1-2H3. The van der Waals surface area contributed by atoms with Crippen LogP contribution in [-0.2, 0) is 17.9 Å². The molecule has 1 fully saturated rings. The fourth-order valence-electron chi connectivity index (χ4n) is 4.46. The van der Waals surface area contributed by atoms with Crippen molar-refractivity contribution in [1.82, 2.24) is 24.8 Å². The van der Waals surface area contributed by atoms with E-state index in [0.29, 0.717) is 49.1 Å². The maximum absolute atomic E-state index is 13.2. The van der Waals surface area contributed by atoms with Gasteiger partial charge in [-0.2, -0.15) is 0 Å². The molecule has 9 heteroatoms. The van der Waals surface area contributed by atoms with Crippen molar-refractivity contribution in [3.05, 3.63) is 81.1 Å². The van der Waals surface area contributed by atoms with Crippen molar-refractivity contribution in [2.24, 2.45) is 0 Å². The minimum absolute atomic E-state index is 0.0102. The Morgan fingerprint density at radius 1 is 0.971 bits per heavy atom. The van der Waals surface area contributed by atoms with Gasteiger partial charge in [-0.05, 0) is 43.2 Å². The molecule has 0 saturated carbocycles. The van der Waals surface area contributed by atoms with E-state index < -0.39 is 0 Å². The van der Waals surface area contributed by atoms with Gasteiger partial charge in [0, 0.05) is 36.8 Å². The molecule has 2 amide bonds. The van der Waals surface area contributed by atoms with Crippen LogP contribution in [0, 0.1) is 13.8 Å². The first-order chi connectivity index (χ1) is 16.4. The maximum Gasteiger partial charge on any atom is 0.276 e. The van der Waals surface area contributed by atoms with E-state index in [1.807, 2.05) is 61.2 Å². The van der Waals surface area contributed by atoms with Crippen molar-refractivity contribution in [2.75, 3.05) is 26.2 Å². The highest BCUT2D eigenvalue weighted by molar-refractivity contribution is 6.30. The van der Waals surface area contributed by atoms with Gasteiger partial charge in [-0.25, -0.2) is 4.68 Å². The largest absolute Gasteiger partial charge is 0.365 e. The predicted molar refractivity (Wildman–Crippen MR) is 127 cm³/mol. The van der Waals surface area contributed by atoms with Gasteiger partial charge < -0.3 is 14.5 Å². The number of piperazine rings is 1. The van der Waals surface area contributed by atoms with Crippen LogP contribution < -0.4 is 0 Å². The SMILES string of the molecule is Cc1ccc(C)c(C(=O)N2CCN(C(=O)c3nnn4c3COC(c3ccc(Cl)cc3)C4)CC2)c1. The molecule has 1 saturated heterocycles. The summed E-state index contributed by atoms with van der Waals surface area (Å²) in [4.78, 5) is 29.8. The molecule has 1 aromatic heterocycles.